The average Bonchev–Trinajstić information content (AvgIpc) is 3.67. The zero-order chi connectivity index (χ0) is 41.1. The molecule has 8 rings (SSSR count). The van der Waals surface area contributed by atoms with Gasteiger partial charge in [-0.25, -0.2) is 0 Å². The van der Waals surface area contributed by atoms with E-state index in [4.69, 9.17) is 16.3 Å². The van der Waals surface area contributed by atoms with E-state index in [-0.39, 0.29) is 46.2 Å². The van der Waals surface area contributed by atoms with Crippen LogP contribution >= 0.6 is 11.6 Å². The van der Waals surface area contributed by atoms with Gasteiger partial charge in [-0.05, 0) is 79.3 Å². The smallest absolute Gasteiger partial charge is 0.262 e. The highest BCUT2D eigenvalue weighted by Crippen LogP contribution is 2.61. The minimum Gasteiger partial charge on any atom is -0.489 e. The van der Waals surface area contributed by atoms with E-state index >= 15 is 0 Å². The Morgan fingerprint density at radius 3 is 2.09 bits per heavy atom. The van der Waals surface area contributed by atoms with Gasteiger partial charge in [0, 0.05) is 86.1 Å². The summed E-state index contributed by atoms with van der Waals surface area (Å²) in [5.41, 5.74) is 3.21. The van der Waals surface area contributed by atoms with Crippen LogP contribution < -0.4 is 19.9 Å². The molecule has 58 heavy (non-hydrogen) atoms. The standard InChI is InChI=1S/C45H49ClN6O6/c1-44(2)38(45(3,4)43(44)58-32-11-7-29(25-47)35(46)22-32)24-37(53)28-5-8-30(9-6-28)50-15-13-27(14-16-50)26-49-17-19-51(20-18-49)31-10-12-33-34(21-31)42(57)52(41(33)56)36-23-39(54)48-40(36)55/h5-12,21-22,27,36,38,43H,13-20,23-24,26H2,1-4H3,(H,48,54,55). The maximum Gasteiger partial charge on any atom is 0.262 e. The first kappa shape index (κ1) is 39.6. The number of halogens is 1. The van der Waals surface area contributed by atoms with Crippen LogP contribution in [0.5, 0.6) is 5.75 Å². The van der Waals surface area contributed by atoms with Crippen LogP contribution in [0.4, 0.5) is 11.4 Å². The third-order valence-electron chi connectivity index (χ3n) is 13.4. The first-order valence-electron chi connectivity index (χ1n) is 20.2. The maximum atomic E-state index is 13.6. The van der Waals surface area contributed by atoms with Crippen molar-refractivity contribution in [2.24, 2.45) is 22.7 Å². The monoisotopic (exact) mass is 804 g/mol. The molecule has 4 amide bonds. The van der Waals surface area contributed by atoms with Gasteiger partial charge in [-0.2, -0.15) is 5.26 Å². The summed E-state index contributed by atoms with van der Waals surface area (Å²) in [6.07, 6.45) is 2.29. The third-order valence-corrected chi connectivity index (χ3v) is 13.7. The molecular weight excluding hydrogens is 756 g/mol. The van der Waals surface area contributed by atoms with E-state index < -0.39 is 29.7 Å². The predicted molar refractivity (Wildman–Crippen MR) is 219 cm³/mol. The van der Waals surface area contributed by atoms with Crippen LogP contribution in [0.3, 0.4) is 0 Å². The molecule has 3 saturated heterocycles. The van der Waals surface area contributed by atoms with E-state index in [1.54, 1.807) is 30.3 Å². The lowest BCUT2D eigenvalue weighted by Crippen LogP contribution is -2.66. The van der Waals surface area contributed by atoms with E-state index in [9.17, 15) is 29.2 Å². The summed E-state index contributed by atoms with van der Waals surface area (Å²) >= 11 is 6.26. The second-order valence-electron chi connectivity index (χ2n) is 17.7. The van der Waals surface area contributed by atoms with E-state index in [0.29, 0.717) is 28.7 Å². The lowest BCUT2D eigenvalue weighted by atomic mass is 9.44. The van der Waals surface area contributed by atoms with E-state index in [0.717, 1.165) is 80.5 Å². The molecule has 3 aromatic rings. The molecular formula is C45H49ClN6O6. The molecule has 1 atom stereocenters. The number of hydrogen-bond donors (Lipinski definition) is 1. The Bertz CT molecular complexity index is 2200. The molecule has 0 aromatic heterocycles. The fourth-order valence-electron chi connectivity index (χ4n) is 10.4. The van der Waals surface area contributed by atoms with Crippen molar-refractivity contribution >= 4 is 52.4 Å². The number of carbonyl (C=O) groups is 5. The van der Waals surface area contributed by atoms with Crippen molar-refractivity contribution in [3.8, 4) is 11.8 Å². The van der Waals surface area contributed by atoms with Gasteiger partial charge in [0.15, 0.2) is 5.78 Å². The van der Waals surface area contributed by atoms with Gasteiger partial charge in [0.25, 0.3) is 11.8 Å². The first-order chi connectivity index (χ1) is 27.6. The molecule has 4 fully saturated rings. The number of benzene rings is 3. The number of ketones is 1. The number of fused-ring (bicyclic) bond motifs is 1. The summed E-state index contributed by atoms with van der Waals surface area (Å²) in [5.74, 6) is -0.691. The van der Waals surface area contributed by atoms with E-state index in [2.05, 4.69) is 65.9 Å². The minimum absolute atomic E-state index is 0.119. The topological polar surface area (TPSA) is 143 Å². The first-order valence-corrected chi connectivity index (χ1v) is 20.6. The number of piperazine rings is 1. The van der Waals surface area contributed by atoms with Crippen molar-refractivity contribution in [1.29, 1.82) is 5.26 Å². The van der Waals surface area contributed by atoms with Crippen molar-refractivity contribution in [2.45, 2.75) is 65.5 Å². The maximum absolute atomic E-state index is 13.6. The van der Waals surface area contributed by atoms with E-state index in [1.807, 2.05) is 18.2 Å². The van der Waals surface area contributed by atoms with Crippen LogP contribution in [-0.2, 0) is 9.59 Å². The molecule has 0 bridgehead atoms. The normalized spacial score (nSPS) is 24.3. The number of ether oxygens (including phenoxy) is 1. The number of nitrogens with zero attached hydrogens (tertiary/aromatic N) is 5. The van der Waals surface area contributed by atoms with Gasteiger partial charge < -0.3 is 14.5 Å². The minimum atomic E-state index is -1.10. The molecule has 3 aromatic carbocycles. The number of nitriles is 1. The average molecular weight is 805 g/mol. The molecule has 0 spiro atoms. The number of amides is 4. The van der Waals surface area contributed by atoms with Gasteiger partial charge in [0.1, 0.15) is 24.0 Å². The molecule has 4 heterocycles. The fraction of sp³-hybridized carbons (Fsp3) is 0.467. The van der Waals surface area contributed by atoms with Crippen molar-refractivity contribution in [1.82, 2.24) is 15.1 Å². The van der Waals surface area contributed by atoms with Crippen molar-refractivity contribution in [2.75, 3.05) is 55.6 Å². The molecule has 13 heteroatoms. The summed E-state index contributed by atoms with van der Waals surface area (Å²) in [6, 6.07) is 19.5. The Kier molecular flexibility index (Phi) is 10.3. The molecule has 12 nitrogen and oxygen atoms in total. The second kappa shape index (κ2) is 15.2. The zero-order valence-corrected chi connectivity index (χ0v) is 34.2. The molecule has 0 radical (unpaired) electrons. The number of rotatable bonds is 10. The molecule has 1 N–H and O–H groups in total. The van der Waals surface area contributed by atoms with E-state index in [1.165, 1.54) is 0 Å². The van der Waals surface area contributed by atoms with Gasteiger partial charge in [-0.3, -0.25) is 39.1 Å². The largest absolute Gasteiger partial charge is 0.489 e. The number of anilines is 2. The van der Waals surface area contributed by atoms with Crippen LogP contribution in [0.1, 0.15) is 90.0 Å². The second-order valence-corrected chi connectivity index (χ2v) is 18.1. The van der Waals surface area contributed by atoms with Crippen LogP contribution in [0, 0.1) is 34.0 Å². The van der Waals surface area contributed by atoms with Crippen molar-refractivity contribution in [3.63, 3.8) is 0 Å². The quantitative estimate of drug-likeness (QED) is 0.193. The highest BCUT2D eigenvalue weighted by atomic mass is 35.5. The van der Waals surface area contributed by atoms with Gasteiger partial charge in [-0.15, -0.1) is 0 Å². The molecule has 5 aliphatic rings. The molecule has 1 saturated carbocycles. The number of hydrogen-bond acceptors (Lipinski definition) is 10. The highest BCUT2D eigenvalue weighted by molar-refractivity contribution is 6.31. The van der Waals surface area contributed by atoms with Crippen LogP contribution in [0.2, 0.25) is 5.02 Å². The number of nitrogens with one attached hydrogen (secondary N) is 1. The van der Waals surface area contributed by atoms with Crippen LogP contribution in [-0.4, -0.2) is 97.2 Å². The molecule has 4 aliphatic heterocycles. The summed E-state index contributed by atoms with van der Waals surface area (Å²) in [6.45, 7) is 15.0. The van der Waals surface area contributed by atoms with Gasteiger partial charge >= 0.3 is 0 Å². The summed E-state index contributed by atoms with van der Waals surface area (Å²) in [7, 11) is 0. The Balaban J connectivity index is 0.791. The van der Waals surface area contributed by atoms with Crippen LogP contribution in [0.15, 0.2) is 60.7 Å². The number of carbonyl (C=O) groups excluding carboxylic acids is 5. The fourth-order valence-corrected chi connectivity index (χ4v) is 10.6. The molecule has 302 valence electrons. The third kappa shape index (κ3) is 7.13. The number of imide groups is 2. The molecule has 1 unspecified atom stereocenters. The lowest BCUT2D eigenvalue weighted by Gasteiger charge is -2.63. The van der Waals surface area contributed by atoms with Crippen LogP contribution in [0.25, 0.3) is 0 Å². The SMILES string of the molecule is CC1(C)C(CC(=O)c2ccc(N3CCC(CN4CCN(c5ccc6c(c5)C(=O)N(C5CC(=O)NC5=O)C6=O)CC4)CC3)cc2)C(C)(C)C1Oc1ccc(C#N)c(Cl)c1. The van der Waals surface area contributed by atoms with Gasteiger partial charge in [-0.1, -0.05) is 39.3 Å². The highest BCUT2D eigenvalue weighted by Gasteiger charge is 2.63. The Morgan fingerprint density at radius 2 is 1.47 bits per heavy atom. The summed E-state index contributed by atoms with van der Waals surface area (Å²) in [5, 5.41) is 11.8. The van der Waals surface area contributed by atoms with Gasteiger partial charge in [0.05, 0.1) is 28.1 Å². The molecule has 1 aliphatic carbocycles. The summed E-state index contributed by atoms with van der Waals surface area (Å²) in [4.78, 5) is 71.9. The Morgan fingerprint density at radius 1 is 0.828 bits per heavy atom. The zero-order valence-electron chi connectivity index (χ0n) is 33.4. The summed E-state index contributed by atoms with van der Waals surface area (Å²) < 4.78 is 6.42. The number of piperidine rings is 1. The lowest BCUT2D eigenvalue weighted by molar-refractivity contribution is -0.196. The van der Waals surface area contributed by atoms with Crippen molar-refractivity contribution < 1.29 is 28.7 Å². The Labute approximate surface area is 344 Å². The number of Topliss-reactive ketones (excluding diaryl/α,β-unsaturated/α-hetero) is 1. The predicted octanol–water partition coefficient (Wildman–Crippen LogP) is 5.96. The Hall–Kier alpha value is -5.25. The van der Waals surface area contributed by atoms with Crippen molar-refractivity contribution in [3.05, 3.63) is 87.9 Å². The van der Waals surface area contributed by atoms with Gasteiger partial charge in [0.2, 0.25) is 11.8 Å².